The summed E-state index contributed by atoms with van der Waals surface area (Å²) in [7, 11) is 0. The Morgan fingerprint density at radius 2 is 1.40 bits per heavy atom. The van der Waals surface area contributed by atoms with Gasteiger partial charge in [-0.05, 0) is 22.3 Å². The minimum absolute atomic E-state index is 0.221. The monoisotopic (exact) mass is 266 g/mol. The Morgan fingerprint density at radius 3 is 1.90 bits per heavy atom. The molecule has 0 aliphatic heterocycles. The van der Waals surface area contributed by atoms with Gasteiger partial charge in [0.15, 0.2) is 0 Å². The lowest BCUT2D eigenvalue weighted by Crippen LogP contribution is -2.40. The largest absolute Gasteiger partial charge is 0.327 e. The first kappa shape index (κ1) is 12.4. The summed E-state index contributed by atoms with van der Waals surface area (Å²) in [5.41, 5.74) is 4.34. The van der Waals surface area contributed by atoms with Crippen LogP contribution in [-0.4, -0.2) is 11.9 Å². The van der Waals surface area contributed by atoms with E-state index in [1.54, 1.807) is 0 Å². The number of urea groups is 1. The zero-order chi connectivity index (χ0) is 14.1. The summed E-state index contributed by atoms with van der Waals surface area (Å²) in [5, 5.41) is 5.09. The van der Waals surface area contributed by atoms with Crippen LogP contribution in [0, 0.1) is 0 Å². The van der Waals surface area contributed by atoms with E-state index < -0.39 is 6.03 Å². The maximum atomic E-state index is 11.8. The van der Waals surface area contributed by atoms with Crippen LogP contribution in [0.5, 0.6) is 0 Å². The summed E-state index contributed by atoms with van der Waals surface area (Å²) < 4.78 is 0. The third-order valence-corrected chi connectivity index (χ3v) is 3.40. The molecule has 0 heterocycles. The average molecular weight is 266 g/mol. The van der Waals surface area contributed by atoms with Crippen LogP contribution in [0.2, 0.25) is 0 Å². The molecule has 0 aromatic heterocycles. The number of carbonyl (C=O) groups excluding carboxylic acids is 2. The number of rotatable bonds is 1. The highest BCUT2D eigenvalue weighted by Crippen LogP contribution is 2.42. The lowest BCUT2D eigenvalue weighted by molar-refractivity contribution is -0.117. The van der Waals surface area contributed by atoms with Crippen LogP contribution in [-0.2, 0) is 4.79 Å². The predicted molar refractivity (Wildman–Crippen MR) is 76.1 cm³/mol. The highest BCUT2D eigenvalue weighted by Gasteiger charge is 2.29. The summed E-state index contributed by atoms with van der Waals surface area (Å²) in [6.07, 6.45) is 0. The molecule has 2 aromatic carbocycles. The first-order valence-electron chi connectivity index (χ1n) is 6.43. The Balaban J connectivity index is 1.99. The number of benzene rings is 2. The topological polar surface area (TPSA) is 58.2 Å². The van der Waals surface area contributed by atoms with E-state index >= 15 is 0 Å². The molecule has 4 nitrogen and oxygen atoms in total. The minimum atomic E-state index is -0.478. The first-order valence-corrected chi connectivity index (χ1v) is 6.43. The summed E-state index contributed by atoms with van der Waals surface area (Å²) in [6, 6.07) is 15.2. The summed E-state index contributed by atoms with van der Waals surface area (Å²) in [4.78, 5) is 22.7. The van der Waals surface area contributed by atoms with Crippen molar-refractivity contribution < 1.29 is 9.59 Å². The van der Waals surface area contributed by atoms with Crippen LogP contribution in [0.3, 0.4) is 0 Å². The van der Waals surface area contributed by atoms with Gasteiger partial charge in [-0.3, -0.25) is 10.1 Å². The second-order valence-electron chi connectivity index (χ2n) is 4.76. The number of imide groups is 1. The molecule has 0 fully saturated rings. The highest BCUT2D eigenvalue weighted by molar-refractivity contribution is 5.94. The van der Waals surface area contributed by atoms with Gasteiger partial charge in [0.25, 0.3) is 0 Å². The van der Waals surface area contributed by atoms with E-state index in [4.69, 9.17) is 0 Å². The summed E-state index contributed by atoms with van der Waals surface area (Å²) in [6.45, 7) is 1.32. The molecular weight excluding hydrogens is 252 g/mol. The third-order valence-electron chi connectivity index (χ3n) is 3.40. The minimum Gasteiger partial charge on any atom is -0.327 e. The lowest BCUT2D eigenvalue weighted by Gasteiger charge is -2.15. The maximum Gasteiger partial charge on any atom is 0.322 e. The molecule has 2 N–H and O–H groups in total. The van der Waals surface area contributed by atoms with Crippen molar-refractivity contribution in [2.75, 3.05) is 0 Å². The SMILES string of the molecule is CC(=O)NC(=O)NC1c2ccccc2-c2ccccc21. The number of nitrogens with one attached hydrogen (secondary N) is 2. The fourth-order valence-electron chi connectivity index (χ4n) is 2.64. The summed E-state index contributed by atoms with van der Waals surface area (Å²) >= 11 is 0. The normalized spacial score (nSPS) is 12.4. The van der Waals surface area contributed by atoms with E-state index in [9.17, 15) is 9.59 Å². The smallest absolute Gasteiger partial charge is 0.322 e. The fourth-order valence-corrected chi connectivity index (χ4v) is 2.64. The van der Waals surface area contributed by atoms with Gasteiger partial charge in [-0.2, -0.15) is 0 Å². The van der Waals surface area contributed by atoms with Crippen molar-refractivity contribution in [1.82, 2.24) is 10.6 Å². The van der Waals surface area contributed by atoms with E-state index in [0.717, 1.165) is 22.3 Å². The summed E-state index contributed by atoms with van der Waals surface area (Å²) in [5.74, 6) is -0.373. The Hall–Kier alpha value is -2.62. The van der Waals surface area contributed by atoms with Crippen molar-refractivity contribution in [2.24, 2.45) is 0 Å². The predicted octanol–water partition coefficient (Wildman–Crippen LogP) is 2.60. The van der Waals surface area contributed by atoms with E-state index in [2.05, 4.69) is 10.6 Å². The van der Waals surface area contributed by atoms with E-state index in [0.29, 0.717) is 0 Å². The number of hydrogen-bond acceptors (Lipinski definition) is 2. The van der Waals surface area contributed by atoms with Crippen molar-refractivity contribution >= 4 is 11.9 Å². The molecule has 3 amide bonds. The highest BCUT2D eigenvalue weighted by atomic mass is 16.2. The van der Waals surface area contributed by atoms with Crippen LogP contribution < -0.4 is 10.6 Å². The molecule has 1 aliphatic carbocycles. The Kier molecular flexibility index (Phi) is 2.99. The molecule has 0 atom stereocenters. The second-order valence-corrected chi connectivity index (χ2v) is 4.76. The van der Waals surface area contributed by atoms with E-state index in [1.807, 2.05) is 48.5 Å². The Bertz CT molecular complexity index is 649. The number of hydrogen-bond donors (Lipinski definition) is 2. The van der Waals surface area contributed by atoms with Crippen LogP contribution in [0.15, 0.2) is 48.5 Å². The number of amides is 3. The van der Waals surface area contributed by atoms with E-state index in [-0.39, 0.29) is 11.9 Å². The van der Waals surface area contributed by atoms with Crippen molar-refractivity contribution in [2.45, 2.75) is 13.0 Å². The van der Waals surface area contributed by atoms with Gasteiger partial charge < -0.3 is 5.32 Å². The van der Waals surface area contributed by atoms with Crippen LogP contribution in [0.4, 0.5) is 4.79 Å². The maximum absolute atomic E-state index is 11.8. The quantitative estimate of drug-likeness (QED) is 0.833. The molecule has 0 saturated carbocycles. The van der Waals surface area contributed by atoms with Gasteiger partial charge in [-0.25, -0.2) is 4.79 Å². The van der Waals surface area contributed by atoms with Gasteiger partial charge in [0.05, 0.1) is 6.04 Å². The van der Waals surface area contributed by atoms with Crippen LogP contribution in [0.25, 0.3) is 11.1 Å². The molecule has 0 bridgehead atoms. The van der Waals surface area contributed by atoms with Gasteiger partial charge in [-0.15, -0.1) is 0 Å². The molecule has 3 rings (SSSR count). The van der Waals surface area contributed by atoms with Crippen LogP contribution >= 0.6 is 0 Å². The average Bonchev–Trinajstić information content (AvgIpc) is 2.73. The van der Waals surface area contributed by atoms with E-state index in [1.165, 1.54) is 6.92 Å². The Labute approximate surface area is 116 Å². The molecular formula is C16H14N2O2. The van der Waals surface area contributed by atoms with Gasteiger partial charge in [0.2, 0.25) is 5.91 Å². The molecule has 0 spiro atoms. The number of carbonyl (C=O) groups is 2. The molecule has 1 aliphatic rings. The molecule has 0 radical (unpaired) electrons. The van der Waals surface area contributed by atoms with Gasteiger partial charge in [-0.1, -0.05) is 48.5 Å². The Morgan fingerprint density at radius 1 is 0.900 bits per heavy atom. The van der Waals surface area contributed by atoms with Crippen molar-refractivity contribution in [3.05, 3.63) is 59.7 Å². The zero-order valence-corrected chi connectivity index (χ0v) is 11.0. The van der Waals surface area contributed by atoms with Crippen molar-refractivity contribution in [3.63, 3.8) is 0 Å². The lowest BCUT2D eigenvalue weighted by atomic mass is 10.1. The molecule has 100 valence electrons. The fraction of sp³-hybridized carbons (Fsp3) is 0.125. The molecule has 2 aromatic rings. The first-order chi connectivity index (χ1) is 9.66. The second kappa shape index (κ2) is 4.81. The zero-order valence-electron chi connectivity index (χ0n) is 11.0. The molecule has 0 saturated heterocycles. The molecule has 0 unspecified atom stereocenters. The molecule has 20 heavy (non-hydrogen) atoms. The van der Waals surface area contributed by atoms with Gasteiger partial charge in [0, 0.05) is 6.92 Å². The van der Waals surface area contributed by atoms with Gasteiger partial charge >= 0.3 is 6.03 Å². The van der Waals surface area contributed by atoms with Crippen molar-refractivity contribution in [3.8, 4) is 11.1 Å². The molecule has 4 heteroatoms. The third kappa shape index (κ3) is 2.05. The van der Waals surface area contributed by atoms with Crippen LogP contribution in [0.1, 0.15) is 24.1 Å². The van der Waals surface area contributed by atoms with Gasteiger partial charge in [0.1, 0.15) is 0 Å². The van der Waals surface area contributed by atoms with Crippen molar-refractivity contribution in [1.29, 1.82) is 0 Å². The standard InChI is InChI=1S/C16H14N2O2/c1-10(19)17-16(20)18-15-13-8-4-2-6-11(13)12-7-3-5-9-14(12)15/h2-9,15H,1H3,(H2,17,18,19,20). The number of fused-ring (bicyclic) bond motifs is 3.